The lowest BCUT2D eigenvalue weighted by Gasteiger charge is -2.32. The van der Waals surface area contributed by atoms with E-state index in [1.165, 1.54) is 24.2 Å². The van der Waals surface area contributed by atoms with Gasteiger partial charge in [0.05, 0.1) is 6.54 Å². The number of halogens is 1. The molecule has 0 aliphatic carbocycles. The third-order valence-corrected chi connectivity index (χ3v) is 4.78. The smallest absolute Gasteiger partial charge is 0.191 e. The van der Waals surface area contributed by atoms with E-state index in [-0.39, 0.29) is 24.0 Å². The fraction of sp³-hybridized carbons (Fsp3) is 0.650. The van der Waals surface area contributed by atoms with E-state index >= 15 is 0 Å². The highest BCUT2D eigenvalue weighted by Crippen LogP contribution is 2.10. The molecule has 1 saturated heterocycles. The molecule has 0 spiro atoms. The third kappa shape index (κ3) is 8.22. The molecule has 1 aliphatic heterocycles. The van der Waals surface area contributed by atoms with Crippen molar-refractivity contribution in [1.29, 1.82) is 0 Å². The van der Waals surface area contributed by atoms with Crippen LogP contribution in [0.1, 0.15) is 38.3 Å². The summed E-state index contributed by atoms with van der Waals surface area (Å²) in [6.45, 7) is 13.8. The predicted octanol–water partition coefficient (Wildman–Crippen LogP) is 2.91. The Hall–Kier alpha value is -0.860. The van der Waals surface area contributed by atoms with Gasteiger partial charge in [-0.15, -0.1) is 24.0 Å². The minimum Gasteiger partial charge on any atom is -0.357 e. The van der Waals surface area contributed by atoms with Crippen LogP contribution >= 0.6 is 24.0 Å². The van der Waals surface area contributed by atoms with Gasteiger partial charge in [-0.25, -0.2) is 4.99 Å². The number of guanidine groups is 1. The van der Waals surface area contributed by atoms with Gasteiger partial charge < -0.3 is 15.5 Å². The van der Waals surface area contributed by atoms with Crippen molar-refractivity contribution in [1.82, 2.24) is 20.4 Å². The lowest BCUT2D eigenvalue weighted by molar-refractivity contribution is 0.148. The number of piperazine rings is 1. The molecular weight excluding hydrogens is 437 g/mol. The topological polar surface area (TPSA) is 42.9 Å². The maximum absolute atomic E-state index is 4.70. The molecule has 1 unspecified atom stereocenters. The predicted molar refractivity (Wildman–Crippen MR) is 122 cm³/mol. The summed E-state index contributed by atoms with van der Waals surface area (Å²) in [6.07, 6.45) is 1.09. The zero-order chi connectivity index (χ0) is 18.1. The average Bonchev–Trinajstić information content (AvgIpc) is 2.63. The van der Waals surface area contributed by atoms with Crippen molar-refractivity contribution in [3.63, 3.8) is 0 Å². The highest BCUT2D eigenvalue weighted by Gasteiger charge is 2.13. The summed E-state index contributed by atoms with van der Waals surface area (Å²) in [4.78, 5) is 9.63. The van der Waals surface area contributed by atoms with E-state index in [0.29, 0.717) is 12.6 Å². The van der Waals surface area contributed by atoms with Gasteiger partial charge in [-0.3, -0.25) is 4.90 Å². The molecular formula is C20H36IN5. The van der Waals surface area contributed by atoms with Gasteiger partial charge in [0.15, 0.2) is 5.96 Å². The van der Waals surface area contributed by atoms with Gasteiger partial charge in [-0.05, 0) is 38.4 Å². The first-order chi connectivity index (χ1) is 12.1. The molecule has 2 N–H and O–H groups in total. The first-order valence-corrected chi connectivity index (χ1v) is 9.64. The lowest BCUT2D eigenvalue weighted by Crippen LogP contribution is -2.43. The monoisotopic (exact) mass is 473 g/mol. The van der Waals surface area contributed by atoms with E-state index in [1.807, 2.05) is 0 Å². The van der Waals surface area contributed by atoms with Gasteiger partial charge in [0.1, 0.15) is 0 Å². The molecule has 1 aromatic rings. The first kappa shape index (κ1) is 23.2. The molecule has 0 amide bonds. The summed E-state index contributed by atoms with van der Waals surface area (Å²) in [7, 11) is 2.20. The van der Waals surface area contributed by atoms with Crippen molar-refractivity contribution in [2.45, 2.75) is 46.3 Å². The number of nitrogens with zero attached hydrogens (tertiary/aromatic N) is 3. The van der Waals surface area contributed by atoms with Crippen molar-refractivity contribution in [2.75, 3.05) is 39.8 Å². The second kappa shape index (κ2) is 12.5. The van der Waals surface area contributed by atoms with Gasteiger partial charge in [0.2, 0.25) is 0 Å². The molecule has 1 aliphatic rings. The molecule has 0 bridgehead atoms. The van der Waals surface area contributed by atoms with Crippen LogP contribution in [0.3, 0.4) is 0 Å². The maximum atomic E-state index is 4.70. The Morgan fingerprint density at radius 3 is 2.27 bits per heavy atom. The average molecular weight is 473 g/mol. The van der Waals surface area contributed by atoms with Gasteiger partial charge in [0, 0.05) is 45.3 Å². The SMILES string of the molecule is CCNC(=NCc1ccc(CN2CCN(C)CC2)cc1)NC(C)CC.I. The lowest BCUT2D eigenvalue weighted by atomic mass is 10.1. The second-order valence-corrected chi connectivity index (χ2v) is 7.04. The van der Waals surface area contributed by atoms with Crippen LogP contribution in [0.4, 0.5) is 0 Å². The van der Waals surface area contributed by atoms with Crippen molar-refractivity contribution in [3.8, 4) is 0 Å². The van der Waals surface area contributed by atoms with Crippen molar-refractivity contribution in [2.24, 2.45) is 4.99 Å². The number of likely N-dealkylation sites (N-methyl/N-ethyl adjacent to an activating group) is 1. The third-order valence-electron chi connectivity index (χ3n) is 4.78. The molecule has 1 fully saturated rings. The van der Waals surface area contributed by atoms with Crippen LogP contribution in [-0.4, -0.2) is 61.6 Å². The Labute approximate surface area is 176 Å². The summed E-state index contributed by atoms with van der Waals surface area (Å²) < 4.78 is 0. The van der Waals surface area contributed by atoms with Crippen molar-refractivity contribution in [3.05, 3.63) is 35.4 Å². The van der Waals surface area contributed by atoms with Crippen LogP contribution in [0, 0.1) is 0 Å². The van der Waals surface area contributed by atoms with E-state index < -0.39 is 0 Å². The van der Waals surface area contributed by atoms with Crippen LogP contribution in [0.5, 0.6) is 0 Å². The Bertz CT molecular complexity index is 524. The first-order valence-electron chi connectivity index (χ1n) is 9.64. The maximum Gasteiger partial charge on any atom is 0.191 e. The number of benzene rings is 1. The number of hydrogen-bond donors (Lipinski definition) is 2. The van der Waals surface area contributed by atoms with Crippen LogP contribution in [0.15, 0.2) is 29.3 Å². The number of nitrogens with one attached hydrogen (secondary N) is 2. The van der Waals surface area contributed by atoms with E-state index in [0.717, 1.165) is 38.6 Å². The van der Waals surface area contributed by atoms with E-state index in [1.54, 1.807) is 0 Å². The summed E-state index contributed by atoms with van der Waals surface area (Å²) in [5, 5.41) is 6.75. The molecule has 0 aromatic heterocycles. The molecule has 5 nitrogen and oxygen atoms in total. The summed E-state index contributed by atoms with van der Waals surface area (Å²) in [6, 6.07) is 9.35. The molecule has 0 saturated carbocycles. The molecule has 1 heterocycles. The van der Waals surface area contributed by atoms with Gasteiger partial charge in [-0.2, -0.15) is 0 Å². The normalized spacial score (nSPS) is 17.5. The summed E-state index contributed by atoms with van der Waals surface area (Å²) >= 11 is 0. The Morgan fingerprint density at radius 1 is 1.08 bits per heavy atom. The second-order valence-electron chi connectivity index (χ2n) is 7.04. The molecule has 2 rings (SSSR count). The molecule has 26 heavy (non-hydrogen) atoms. The van der Waals surface area contributed by atoms with Gasteiger partial charge >= 0.3 is 0 Å². The highest BCUT2D eigenvalue weighted by atomic mass is 127. The van der Waals surface area contributed by atoms with E-state index in [4.69, 9.17) is 4.99 Å². The zero-order valence-electron chi connectivity index (χ0n) is 16.8. The Morgan fingerprint density at radius 2 is 1.69 bits per heavy atom. The Kier molecular flexibility index (Phi) is 11.2. The molecule has 1 atom stereocenters. The molecule has 148 valence electrons. The van der Waals surface area contributed by atoms with Crippen LogP contribution in [-0.2, 0) is 13.1 Å². The summed E-state index contributed by atoms with van der Waals surface area (Å²) in [5.41, 5.74) is 2.64. The standard InChI is InChI=1S/C20H35N5.HI/c1-5-17(3)23-20(21-6-2)22-15-18-7-9-19(10-8-18)16-25-13-11-24(4)12-14-25;/h7-10,17H,5-6,11-16H2,1-4H3,(H2,21,22,23);1H. The number of hydrogen-bond acceptors (Lipinski definition) is 3. The van der Waals surface area contributed by atoms with Crippen molar-refractivity contribution < 1.29 is 0 Å². The molecule has 1 aromatic carbocycles. The van der Waals surface area contributed by atoms with Gasteiger partial charge in [0.25, 0.3) is 0 Å². The highest BCUT2D eigenvalue weighted by molar-refractivity contribution is 14.0. The largest absolute Gasteiger partial charge is 0.357 e. The minimum atomic E-state index is 0. The quantitative estimate of drug-likeness (QED) is 0.363. The summed E-state index contributed by atoms with van der Waals surface area (Å²) in [5.74, 6) is 0.901. The molecule has 6 heteroatoms. The number of aliphatic imine (C=N–C) groups is 1. The zero-order valence-corrected chi connectivity index (χ0v) is 19.1. The molecule has 0 radical (unpaired) electrons. The minimum absolute atomic E-state index is 0. The fourth-order valence-electron chi connectivity index (χ4n) is 2.84. The fourth-order valence-corrected chi connectivity index (χ4v) is 2.84. The Balaban J connectivity index is 0.00000338. The van der Waals surface area contributed by atoms with Crippen LogP contribution in [0.2, 0.25) is 0 Å². The van der Waals surface area contributed by atoms with Crippen LogP contribution in [0.25, 0.3) is 0 Å². The van der Waals surface area contributed by atoms with Gasteiger partial charge in [-0.1, -0.05) is 31.2 Å². The van der Waals surface area contributed by atoms with E-state index in [9.17, 15) is 0 Å². The van der Waals surface area contributed by atoms with E-state index in [2.05, 4.69) is 72.5 Å². The van der Waals surface area contributed by atoms with Crippen molar-refractivity contribution >= 4 is 29.9 Å². The van der Waals surface area contributed by atoms with Crippen LogP contribution < -0.4 is 10.6 Å². The number of rotatable bonds is 7.